The molecule has 0 amide bonds. The normalized spacial score (nSPS) is 11.9. The van der Waals surface area contributed by atoms with Crippen LogP contribution in [0.2, 0.25) is 0 Å². The van der Waals surface area contributed by atoms with Crippen molar-refractivity contribution in [1.82, 2.24) is 0 Å². The maximum Gasteiger partial charge on any atom is 1.00 e. The van der Waals surface area contributed by atoms with Crippen LogP contribution in [-0.4, -0.2) is 37.2 Å². The van der Waals surface area contributed by atoms with E-state index in [2.05, 4.69) is 0 Å². The number of unbranched alkanes of at least 4 members (excludes halogenated alkanes) is 14. The molecule has 9 heteroatoms. The number of nitrogens with zero attached hydrogens (tertiary/aromatic N) is 1. The van der Waals surface area contributed by atoms with Crippen LogP contribution in [0.3, 0.4) is 0 Å². The number of rotatable bonds is 23. The topological polar surface area (TPSA) is 62.5 Å². The first kappa shape index (κ1) is 41.5. The maximum absolute atomic E-state index is 13.5. The van der Waals surface area contributed by atoms with E-state index in [0.29, 0.717) is 18.6 Å². The summed E-state index contributed by atoms with van der Waals surface area (Å²) >= 11 is 0. The Balaban J connectivity index is 0. The summed E-state index contributed by atoms with van der Waals surface area (Å²) in [4.78, 5) is 0. The van der Waals surface area contributed by atoms with Gasteiger partial charge < -0.3 is 22.0 Å². The Morgan fingerprint density at radius 3 is 1.74 bits per heavy atom. The van der Waals surface area contributed by atoms with Gasteiger partial charge >= 0.3 is 75.1 Å². The van der Waals surface area contributed by atoms with Gasteiger partial charge in [0, 0.05) is 13.0 Å². The van der Waals surface area contributed by atoms with Gasteiger partial charge in [0.25, 0.3) is 0 Å². The van der Waals surface area contributed by atoms with Crippen LogP contribution in [0.4, 0.5) is 17.6 Å². The molecule has 4 nitrogen and oxygen atoms in total. The molecule has 1 atom stereocenters. The number of ether oxygens (including phenoxy) is 2. The van der Waals surface area contributed by atoms with Gasteiger partial charge in [-0.1, -0.05) is 83.5 Å². The summed E-state index contributed by atoms with van der Waals surface area (Å²) in [5, 5.41) is 18.4. The summed E-state index contributed by atoms with van der Waals surface area (Å²) in [6, 6.07) is 5.96. The van der Waals surface area contributed by atoms with Gasteiger partial charge in [-0.05, 0) is 36.6 Å². The second-order valence-corrected chi connectivity index (χ2v) is 9.82. The van der Waals surface area contributed by atoms with Crippen molar-refractivity contribution in [1.29, 1.82) is 5.26 Å². The maximum atomic E-state index is 13.5. The number of nitriles is 1. The van der Waals surface area contributed by atoms with Crippen LogP contribution in [0, 0.1) is 24.6 Å². The van der Waals surface area contributed by atoms with Crippen molar-refractivity contribution in [3.05, 3.63) is 42.6 Å². The molecule has 0 radical (unpaired) electrons. The minimum Gasteiger partial charge on any atom is -0.394 e. The van der Waals surface area contributed by atoms with Gasteiger partial charge in [0.2, 0.25) is 0 Å². The zero-order valence-corrected chi connectivity index (χ0v) is 30.5. The van der Waals surface area contributed by atoms with Gasteiger partial charge in [-0.25, -0.2) is 4.39 Å². The monoisotopic (exact) mass is 679 g/mol. The molecular formula is C30H48CsF4NO3. The molecule has 0 aromatic heterocycles. The Kier molecular flexibility index (Phi) is 29.0. The predicted octanol–water partition coefficient (Wildman–Crippen LogP) is 5.85. The number of hydrogen-bond donors (Lipinski definition) is 1. The van der Waals surface area contributed by atoms with Gasteiger partial charge in [0.1, 0.15) is 11.9 Å². The molecule has 0 spiro atoms. The Morgan fingerprint density at radius 1 is 0.795 bits per heavy atom. The SMILES string of the molecule is N#Cc1cc(F)cc(COC(CO)COCCCCCCCCCCCCCCCCCC(F)(F)F)c1.[CH3-].[Cs+]. The Labute approximate surface area is 293 Å². The molecule has 0 bridgehead atoms. The van der Waals surface area contributed by atoms with Crippen molar-refractivity contribution < 1.29 is 101 Å². The minimum atomic E-state index is -4.00. The molecule has 1 aromatic carbocycles. The van der Waals surface area contributed by atoms with E-state index >= 15 is 0 Å². The smallest absolute Gasteiger partial charge is 0.394 e. The third-order valence-corrected chi connectivity index (χ3v) is 6.33. The summed E-state index contributed by atoms with van der Waals surface area (Å²) < 4.78 is 60.9. The number of hydrogen-bond acceptors (Lipinski definition) is 4. The summed E-state index contributed by atoms with van der Waals surface area (Å²) in [6.45, 7) is 0.802. The molecule has 39 heavy (non-hydrogen) atoms. The van der Waals surface area contributed by atoms with Crippen molar-refractivity contribution in [2.45, 2.75) is 122 Å². The first-order valence-corrected chi connectivity index (χ1v) is 13.9. The number of aliphatic hydroxyl groups is 1. The molecular weight excluding hydrogens is 631 g/mol. The number of benzene rings is 1. The molecule has 0 fully saturated rings. The number of alkyl halides is 3. The predicted molar refractivity (Wildman–Crippen MR) is 144 cm³/mol. The van der Waals surface area contributed by atoms with E-state index in [1.165, 1.54) is 63.5 Å². The van der Waals surface area contributed by atoms with Crippen LogP contribution in [0.25, 0.3) is 0 Å². The quantitative estimate of drug-likeness (QED) is 0.0897. The Morgan fingerprint density at radius 2 is 1.28 bits per heavy atom. The van der Waals surface area contributed by atoms with Crippen LogP contribution in [0.5, 0.6) is 0 Å². The van der Waals surface area contributed by atoms with Crippen LogP contribution in [0.15, 0.2) is 18.2 Å². The van der Waals surface area contributed by atoms with E-state index in [4.69, 9.17) is 14.7 Å². The van der Waals surface area contributed by atoms with E-state index in [9.17, 15) is 22.7 Å². The van der Waals surface area contributed by atoms with Crippen molar-refractivity contribution >= 4 is 0 Å². The largest absolute Gasteiger partial charge is 1.00 e. The molecule has 0 saturated heterocycles. The second-order valence-electron chi connectivity index (χ2n) is 9.82. The van der Waals surface area contributed by atoms with Gasteiger partial charge in [-0.3, -0.25) is 0 Å². The zero-order valence-electron chi connectivity index (χ0n) is 24.2. The molecule has 1 aromatic rings. The van der Waals surface area contributed by atoms with Gasteiger partial charge in [-0.15, -0.1) is 0 Å². The standard InChI is InChI=1S/C29H45F4NO3.CH3.Cs/c30-27-19-25(21-34)18-26(20-27)23-37-28(22-35)24-36-17-15-13-11-9-7-5-3-1-2-4-6-8-10-12-14-16-29(31,32)33;;/h18-20,28,35H,1-17,22-24H2;1H3;/q;-1;+1. The summed E-state index contributed by atoms with van der Waals surface area (Å²) in [6.07, 6.45) is 10.8. The number of aliphatic hydroxyl groups excluding tert-OH is 1. The molecule has 0 saturated carbocycles. The van der Waals surface area contributed by atoms with Gasteiger partial charge in [0.15, 0.2) is 0 Å². The van der Waals surface area contributed by atoms with E-state index in [-0.39, 0.29) is 108 Å². The van der Waals surface area contributed by atoms with Crippen molar-refractivity contribution in [3.63, 3.8) is 0 Å². The average molecular weight is 680 g/mol. The fourth-order valence-electron chi connectivity index (χ4n) is 4.21. The fourth-order valence-corrected chi connectivity index (χ4v) is 4.21. The van der Waals surface area contributed by atoms with E-state index in [1.54, 1.807) is 6.07 Å². The van der Waals surface area contributed by atoms with Crippen LogP contribution >= 0.6 is 0 Å². The molecule has 1 N–H and O–H groups in total. The fraction of sp³-hybridized carbons (Fsp3) is 0.733. The summed E-state index contributed by atoms with van der Waals surface area (Å²) in [5.74, 6) is -0.485. The third-order valence-electron chi connectivity index (χ3n) is 6.33. The van der Waals surface area contributed by atoms with Crippen LogP contribution in [0.1, 0.15) is 114 Å². The van der Waals surface area contributed by atoms with E-state index < -0.39 is 24.5 Å². The van der Waals surface area contributed by atoms with E-state index in [1.807, 2.05) is 6.07 Å². The van der Waals surface area contributed by atoms with Gasteiger partial charge in [-0.2, -0.15) is 18.4 Å². The summed E-state index contributed by atoms with van der Waals surface area (Å²) in [7, 11) is 0. The Bertz CT molecular complexity index is 744. The third kappa shape index (κ3) is 25.8. The molecule has 220 valence electrons. The zero-order chi connectivity index (χ0) is 27.2. The molecule has 0 aliphatic heterocycles. The minimum absolute atomic E-state index is 0. The second kappa shape index (κ2) is 27.2. The molecule has 1 rings (SSSR count). The number of halogens is 4. The first-order chi connectivity index (χ1) is 17.8. The van der Waals surface area contributed by atoms with Crippen molar-refractivity contribution in [2.24, 2.45) is 0 Å². The molecule has 0 aliphatic rings. The van der Waals surface area contributed by atoms with Crippen LogP contribution in [-0.2, 0) is 16.1 Å². The molecule has 1 unspecified atom stereocenters. The summed E-state index contributed by atoms with van der Waals surface area (Å²) in [5.41, 5.74) is 0.785. The van der Waals surface area contributed by atoms with Gasteiger partial charge in [0.05, 0.1) is 31.5 Å². The average Bonchev–Trinajstić information content (AvgIpc) is 2.86. The van der Waals surface area contributed by atoms with Crippen molar-refractivity contribution in [3.8, 4) is 6.07 Å². The molecule has 0 heterocycles. The Hall–Kier alpha value is 0.362. The molecule has 0 aliphatic carbocycles. The van der Waals surface area contributed by atoms with Crippen molar-refractivity contribution in [2.75, 3.05) is 19.8 Å². The first-order valence-electron chi connectivity index (χ1n) is 13.9. The van der Waals surface area contributed by atoms with E-state index in [0.717, 1.165) is 32.1 Å². The van der Waals surface area contributed by atoms with Crippen LogP contribution < -0.4 is 68.9 Å².